The van der Waals surface area contributed by atoms with Crippen molar-refractivity contribution in [1.29, 1.82) is 0 Å². The van der Waals surface area contributed by atoms with Crippen molar-refractivity contribution in [1.82, 2.24) is 24.8 Å². The number of fused-ring (bicyclic) bond motifs is 2. The quantitative estimate of drug-likeness (QED) is 0.476. The molecule has 4 heterocycles. The number of hydrogen-bond acceptors (Lipinski definition) is 5. The Kier molecular flexibility index (Phi) is 5.41. The molecule has 162 valence electrons. The number of carbonyl (C=O) groups excluding carboxylic acids is 2. The van der Waals surface area contributed by atoms with Gasteiger partial charge in [0, 0.05) is 32.4 Å². The smallest absolute Gasteiger partial charge is 0.289 e. The Morgan fingerprint density at radius 1 is 1.09 bits per heavy atom. The Hall–Kier alpha value is -3.94. The van der Waals surface area contributed by atoms with Gasteiger partial charge in [-0.1, -0.05) is 18.2 Å². The lowest BCUT2D eigenvalue weighted by Gasteiger charge is -2.32. The number of aromatic nitrogens is 3. The number of hydrogen-bond donors (Lipinski definition) is 1. The molecule has 1 aliphatic rings. The number of furan rings is 1. The number of imidazole rings is 1. The van der Waals surface area contributed by atoms with Gasteiger partial charge in [0.1, 0.15) is 0 Å². The zero-order valence-electron chi connectivity index (χ0n) is 17.5. The number of carbonyl (C=O) groups is 2. The second-order valence-electron chi connectivity index (χ2n) is 7.83. The Balaban J connectivity index is 1.24. The molecule has 0 radical (unpaired) electrons. The van der Waals surface area contributed by atoms with Crippen LogP contribution in [0.15, 0.2) is 71.7 Å². The molecule has 0 spiro atoms. The predicted octanol–water partition coefficient (Wildman–Crippen LogP) is 2.97. The summed E-state index contributed by atoms with van der Waals surface area (Å²) < 4.78 is 7.35. The summed E-state index contributed by atoms with van der Waals surface area (Å²) in [5.74, 6) is -0.608. The third-order valence-corrected chi connectivity index (χ3v) is 5.76. The third-order valence-electron chi connectivity index (χ3n) is 5.76. The molecular formula is C24H23N5O3. The van der Waals surface area contributed by atoms with Crippen molar-refractivity contribution in [3.63, 3.8) is 0 Å². The van der Waals surface area contributed by atoms with Gasteiger partial charge >= 0.3 is 0 Å². The van der Waals surface area contributed by atoms with Crippen molar-refractivity contribution in [2.24, 2.45) is 0 Å². The fourth-order valence-corrected chi connectivity index (χ4v) is 4.17. The summed E-state index contributed by atoms with van der Waals surface area (Å²) >= 11 is 0. The number of benzene rings is 1. The lowest BCUT2D eigenvalue weighted by molar-refractivity contribution is -0.123. The molecule has 32 heavy (non-hydrogen) atoms. The lowest BCUT2D eigenvalue weighted by Crippen LogP contribution is -2.44. The van der Waals surface area contributed by atoms with Crippen molar-refractivity contribution >= 4 is 22.8 Å². The van der Waals surface area contributed by atoms with Crippen molar-refractivity contribution in [2.45, 2.75) is 25.4 Å². The van der Waals surface area contributed by atoms with Crippen LogP contribution in [0.1, 0.15) is 34.2 Å². The van der Waals surface area contributed by atoms with Crippen LogP contribution >= 0.6 is 0 Å². The van der Waals surface area contributed by atoms with E-state index in [4.69, 9.17) is 4.42 Å². The summed E-state index contributed by atoms with van der Waals surface area (Å²) in [4.78, 5) is 36.4. The number of aryl methyl sites for hydroxylation is 1. The van der Waals surface area contributed by atoms with Crippen LogP contribution in [0.4, 0.5) is 0 Å². The molecule has 0 fully saturated rings. The minimum absolute atomic E-state index is 0.127. The van der Waals surface area contributed by atoms with E-state index in [1.54, 1.807) is 23.2 Å². The molecule has 3 aromatic heterocycles. The molecule has 8 heteroatoms. The maximum atomic E-state index is 13.1. The van der Waals surface area contributed by atoms with E-state index in [0.29, 0.717) is 13.1 Å². The Morgan fingerprint density at radius 2 is 2.00 bits per heavy atom. The molecule has 1 unspecified atom stereocenters. The van der Waals surface area contributed by atoms with Crippen molar-refractivity contribution in [3.8, 4) is 0 Å². The first kappa shape index (κ1) is 20.0. The van der Waals surface area contributed by atoms with E-state index in [2.05, 4.69) is 19.9 Å². The fourth-order valence-electron chi connectivity index (χ4n) is 4.17. The van der Waals surface area contributed by atoms with Gasteiger partial charge in [0.2, 0.25) is 5.91 Å². The molecule has 5 rings (SSSR count). The molecule has 1 atom stereocenters. The standard InChI is InChI=1S/C24H23N5O3/c30-23(26-11-5-12-28-16-27-19-7-1-2-8-20(19)28)18-15-29(24(31)21-9-4-13-32-21)14-17-6-3-10-25-22(17)18/h1-4,6-10,13,16,18H,5,11-12,14-15H2,(H,26,30). The number of pyridine rings is 1. The van der Waals surface area contributed by atoms with Crippen molar-refractivity contribution in [2.75, 3.05) is 13.1 Å². The van der Waals surface area contributed by atoms with Gasteiger partial charge in [-0.25, -0.2) is 4.98 Å². The van der Waals surface area contributed by atoms with E-state index < -0.39 is 5.92 Å². The molecule has 0 saturated carbocycles. The van der Waals surface area contributed by atoms with Crippen LogP contribution in [0.25, 0.3) is 11.0 Å². The minimum atomic E-state index is -0.520. The number of amides is 2. The van der Waals surface area contributed by atoms with Crippen molar-refractivity contribution < 1.29 is 14.0 Å². The lowest BCUT2D eigenvalue weighted by atomic mass is 9.93. The molecule has 1 N–H and O–H groups in total. The van der Waals surface area contributed by atoms with E-state index in [-0.39, 0.29) is 24.1 Å². The van der Waals surface area contributed by atoms with Gasteiger partial charge in [-0.15, -0.1) is 0 Å². The zero-order chi connectivity index (χ0) is 21.9. The van der Waals surface area contributed by atoms with Crippen LogP contribution in [0, 0.1) is 0 Å². The molecule has 2 amide bonds. The Bertz CT molecular complexity index is 1250. The summed E-state index contributed by atoms with van der Waals surface area (Å²) in [5, 5.41) is 3.02. The fraction of sp³-hybridized carbons (Fsp3) is 0.250. The monoisotopic (exact) mass is 429 g/mol. The maximum Gasteiger partial charge on any atom is 0.289 e. The van der Waals surface area contributed by atoms with Crippen LogP contribution in [0.2, 0.25) is 0 Å². The first-order chi connectivity index (χ1) is 15.7. The number of para-hydroxylation sites is 2. The average molecular weight is 429 g/mol. The van der Waals surface area contributed by atoms with Crippen LogP contribution in [-0.2, 0) is 17.9 Å². The largest absolute Gasteiger partial charge is 0.459 e. The highest BCUT2D eigenvalue weighted by molar-refractivity contribution is 5.93. The number of nitrogens with zero attached hydrogens (tertiary/aromatic N) is 4. The van der Waals surface area contributed by atoms with Gasteiger partial charge in [-0.3, -0.25) is 14.6 Å². The van der Waals surface area contributed by atoms with E-state index in [9.17, 15) is 9.59 Å². The second kappa shape index (κ2) is 8.66. The molecule has 8 nitrogen and oxygen atoms in total. The van der Waals surface area contributed by atoms with Crippen LogP contribution in [0.3, 0.4) is 0 Å². The van der Waals surface area contributed by atoms with Gasteiger partial charge < -0.3 is 19.2 Å². The van der Waals surface area contributed by atoms with Crippen molar-refractivity contribution in [3.05, 3.63) is 84.3 Å². The van der Waals surface area contributed by atoms with Gasteiger partial charge in [-0.2, -0.15) is 0 Å². The summed E-state index contributed by atoms with van der Waals surface area (Å²) in [6, 6.07) is 15.0. The highest BCUT2D eigenvalue weighted by Gasteiger charge is 2.34. The summed E-state index contributed by atoms with van der Waals surface area (Å²) in [6.07, 6.45) is 5.75. The summed E-state index contributed by atoms with van der Waals surface area (Å²) in [6.45, 7) is 1.95. The number of nitrogens with one attached hydrogen (secondary N) is 1. The van der Waals surface area contributed by atoms with Crippen LogP contribution in [0.5, 0.6) is 0 Å². The van der Waals surface area contributed by atoms with E-state index in [1.165, 1.54) is 6.26 Å². The van der Waals surface area contributed by atoms with Crippen LogP contribution in [-0.4, -0.2) is 44.3 Å². The molecular weight excluding hydrogens is 406 g/mol. The molecule has 0 saturated heterocycles. The van der Waals surface area contributed by atoms with E-state index in [0.717, 1.165) is 35.3 Å². The SMILES string of the molecule is O=C(NCCCn1cnc2ccccc21)C1CN(C(=O)c2ccco2)Cc2cccnc21. The minimum Gasteiger partial charge on any atom is -0.459 e. The third kappa shape index (κ3) is 3.87. The average Bonchev–Trinajstić information content (AvgIpc) is 3.51. The zero-order valence-corrected chi connectivity index (χ0v) is 17.5. The first-order valence-corrected chi connectivity index (χ1v) is 10.6. The summed E-state index contributed by atoms with van der Waals surface area (Å²) in [7, 11) is 0. The van der Waals surface area contributed by atoms with E-state index >= 15 is 0 Å². The topological polar surface area (TPSA) is 93.3 Å². The van der Waals surface area contributed by atoms with Gasteiger partial charge in [0.25, 0.3) is 5.91 Å². The second-order valence-corrected chi connectivity index (χ2v) is 7.83. The molecule has 1 aliphatic heterocycles. The maximum absolute atomic E-state index is 13.1. The van der Waals surface area contributed by atoms with Gasteiger partial charge in [-0.05, 0) is 42.3 Å². The van der Waals surface area contributed by atoms with Gasteiger partial charge in [0.15, 0.2) is 5.76 Å². The Morgan fingerprint density at radius 3 is 2.88 bits per heavy atom. The molecule has 1 aromatic carbocycles. The van der Waals surface area contributed by atoms with Crippen LogP contribution < -0.4 is 5.32 Å². The normalized spacial score (nSPS) is 15.5. The highest BCUT2D eigenvalue weighted by Crippen LogP contribution is 2.28. The number of rotatable bonds is 6. The molecule has 0 aliphatic carbocycles. The first-order valence-electron chi connectivity index (χ1n) is 10.6. The predicted molar refractivity (Wildman–Crippen MR) is 118 cm³/mol. The highest BCUT2D eigenvalue weighted by atomic mass is 16.3. The Labute approximate surface area is 184 Å². The van der Waals surface area contributed by atoms with E-state index in [1.807, 2.05) is 42.7 Å². The molecule has 4 aromatic rings. The van der Waals surface area contributed by atoms with Gasteiger partial charge in [0.05, 0.1) is 35.2 Å². The molecule has 0 bridgehead atoms. The summed E-state index contributed by atoms with van der Waals surface area (Å²) in [5.41, 5.74) is 3.65.